The molecule has 2 atom stereocenters. The van der Waals surface area contributed by atoms with Crippen LogP contribution < -0.4 is 0 Å². The lowest BCUT2D eigenvalue weighted by Crippen LogP contribution is -2.49. The molecule has 4 nitrogen and oxygen atoms in total. The summed E-state index contributed by atoms with van der Waals surface area (Å²) in [5, 5.41) is 9.68. The van der Waals surface area contributed by atoms with E-state index >= 15 is 0 Å². The average Bonchev–Trinajstić information content (AvgIpc) is 3.28. The number of benzene rings is 1. The normalized spacial score (nSPS) is 25.9. The molecule has 2 fully saturated rings. The first-order valence-electron chi connectivity index (χ1n) is 7.56. The minimum absolute atomic E-state index is 0.132. The summed E-state index contributed by atoms with van der Waals surface area (Å²) in [5.41, 5.74) is 1.18. The Morgan fingerprint density at radius 2 is 2.05 bits per heavy atom. The summed E-state index contributed by atoms with van der Waals surface area (Å²) in [7, 11) is 0. The third-order valence-corrected chi connectivity index (χ3v) is 4.72. The highest BCUT2D eigenvalue weighted by Gasteiger charge is 2.46. The third kappa shape index (κ3) is 3.39. The van der Waals surface area contributed by atoms with Gasteiger partial charge in [0.1, 0.15) is 0 Å². The second-order valence-corrected chi connectivity index (χ2v) is 6.33. The van der Waals surface area contributed by atoms with E-state index in [9.17, 15) is 4.79 Å². The Labute approximate surface area is 130 Å². The van der Waals surface area contributed by atoms with Gasteiger partial charge < -0.3 is 10.0 Å². The van der Waals surface area contributed by atoms with Crippen LogP contribution in [0.3, 0.4) is 0 Å². The van der Waals surface area contributed by atoms with Crippen molar-refractivity contribution in [2.75, 3.05) is 39.3 Å². The van der Waals surface area contributed by atoms with Crippen LogP contribution in [0.2, 0.25) is 5.02 Å². The first-order chi connectivity index (χ1) is 10.2. The molecule has 0 aromatic heterocycles. The van der Waals surface area contributed by atoms with E-state index in [1.807, 2.05) is 23.1 Å². The number of hydrogen-bond acceptors (Lipinski definition) is 3. The van der Waals surface area contributed by atoms with Gasteiger partial charge in [0.2, 0.25) is 5.91 Å². The zero-order valence-electron chi connectivity index (χ0n) is 12.0. The lowest BCUT2D eigenvalue weighted by molar-refractivity contribution is -0.134. The Morgan fingerprint density at radius 1 is 1.29 bits per heavy atom. The van der Waals surface area contributed by atoms with Crippen molar-refractivity contribution in [1.82, 2.24) is 9.80 Å². The van der Waals surface area contributed by atoms with Crippen LogP contribution in [0.25, 0.3) is 0 Å². The fraction of sp³-hybridized carbons (Fsp3) is 0.562. The van der Waals surface area contributed by atoms with Crippen molar-refractivity contribution in [1.29, 1.82) is 0 Å². The zero-order valence-corrected chi connectivity index (χ0v) is 12.8. The summed E-state index contributed by atoms with van der Waals surface area (Å²) in [6.07, 6.45) is 0.941. The number of aliphatic hydroxyl groups excluding tert-OH is 1. The Kier molecular flexibility index (Phi) is 4.48. The van der Waals surface area contributed by atoms with Crippen molar-refractivity contribution >= 4 is 17.5 Å². The average molecular weight is 309 g/mol. The van der Waals surface area contributed by atoms with Crippen LogP contribution in [-0.4, -0.2) is 60.1 Å². The molecule has 1 saturated carbocycles. The van der Waals surface area contributed by atoms with Crippen LogP contribution in [0, 0.1) is 5.92 Å². The number of nitrogens with zero attached hydrogens (tertiary/aromatic N) is 2. The molecular weight excluding hydrogens is 288 g/mol. The van der Waals surface area contributed by atoms with Gasteiger partial charge in [-0.05, 0) is 30.0 Å². The van der Waals surface area contributed by atoms with Gasteiger partial charge in [-0.25, -0.2) is 0 Å². The number of piperazine rings is 1. The number of halogens is 1. The molecule has 5 heteroatoms. The lowest BCUT2D eigenvalue weighted by atomic mass is 10.1. The van der Waals surface area contributed by atoms with Gasteiger partial charge in [-0.3, -0.25) is 9.69 Å². The van der Waals surface area contributed by atoms with Crippen molar-refractivity contribution in [3.8, 4) is 0 Å². The molecule has 0 radical (unpaired) electrons. The summed E-state index contributed by atoms with van der Waals surface area (Å²) in [5.74, 6) is 0.753. The van der Waals surface area contributed by atoms with Crippen LogP contribution in [0.5, 0.6) is 0 Å². The highest BCUT2D eigenvalue weighted by Crippen LogP contribution is 2.48. The summed E-state index contributed by atoms with van der Waals surface area (Å²) in [6, 6.07) is 7.84. The van der Waals surface area contributed by atoms with Gasteiger partial charge in [-0.1, -0.05) is 23.7 Å². The van der Waals surface area contributed by atoms with Gasteiger partial charge in [0.05, 0.1) is 6.61 Å². The minimum atomic E-state index is 0.132. The predicted molar refractivity (Wildman–Crippen MR) is 82.4 cm³/mol. The molecule has 114 valence electrons. The monoisotopic (exact) mass is 308 g/mol. The topological polar surface area (TPSA) is 43.8 Å². The standard InChI is InChI=1S/C16H21ClN2O2/c17-13-3-1-2-12(10-13)14-11-15(14)16(21)19-6-4-18(5-7-19)8-9-20/h1-3,10,14-15,20H,4-9,11H2/t14-,15+/m1/s1. The first-order valence-corrected chi connectivity index (χ1v) is 7.94. The van der Waals surface area contributed by atoms with E-state index in [4.69, 9.17) is 16.7 Å². The van der Waals surface area contributed by atoms with Crippen molar-refractivity contribution in [3.05, 3.63) is 34.9 Å². The SMILES string of the molecule is O=C([C@H]1C[C@@H]1c1cccc(Cl)c1)N1CCN(CCO)CC1. The fourth-order valence-electron chi connectivity index (χ4n) is 3.14. The van der Waals surface area contributed by atoms with Gasteiger partial charge >= 0.3 is 0 Å². The maximum atomic E-state index is 12.5. The van der Waals surface area contributed by atoms with Crippen LogP contribution in [0.4, 0.5) is 0 Å². The van der Waals surface area contributed by atoms with Crippen molar-refractivity contribution in [2.24, 2.45) is 5.92 Å². The highest BCUT2D eigenvalue weighted by molar-refractivity contribution is 6.30. The number of hydrogen-bond donors (Lipinski definition) is 1. The molecular formula is C16H21ClN2O2. The Hall–Kier alpha value is -1.10. The van der Waals surface area contributed by atoms with Crippen LogP contribution in [0.1, 0.15) is 17.9 Å². The molecule has 1 aromatic rings. The fourth-order valence-corrected chi connectivity index (χ4v) is 3.34. The molecule has 1 aromatic carbocycles. The second kappa shape index (κ2) is 6.34. The molecule has 21 heavy (non-hydrogen) atoms. The molecule has 0 unspecified atom stereocenters. The summed E-state index contributed by atoms with van der Waals surface area (Å²) >= 11 is 6.02. The van der Waals surface area contributed by atoms with E-state index < -0.39 is 0 Å². The first kappa shape index (κ1) is 14.8. The zero-order chi connectivity index (χ0) is 14.8. The summed E-state index contributed by atoms with van der Waals surface area (Å²) < 4.78 is 0. The molecule has 1 aliphatic heterocycles. The predicted octanol–water partition coefficient (Wildman–Crippen LogP) is 1.58. The molecule has 3 rings (SSSR count). The van der Waals surface area contributed by atoms with E-state index in [2.05, 4.69) is 11.0 Å². The molecule has 2 aliphatic rings. The minimum Gasteiger partial charge on any atom is -0.395 e. The lowest BCUT2D eigenvalue weighted by Gasteiger charge is -2.34. The maximum Gasteiger partial charge on any atom is 0.226 e. The maximum absolute atomic E-state index is 12.5. The van der Waals surface area contributed by atoms with Gasteiger partial charge in [-0.2, -0.15) is 0 Å². The number of carbonyl (C=O) groups is 1. The highest BCUT2D eigenvalue weighted by atomic mass is 35.5. The molecule has 1 aliphatic carbocycles. The molecule has 1 amide bonds. The van der Waals surface area contributed by atoms with Crippen LogP contribution in [0.15, 0.2) is 24.3 Å². The van der Waals surface area contributed by atoms with E-state index in [1.54, 1.807) is 0 Å². The van der Waals surface area contributed by atoms with Crippen molar-refractivity contribution in [2.45, 2.75) is 12.3 Å². The number of amides is 1. The van der Waals surface area contributed by atoms with E-state index in [-0.39, 0.29) is 18.4 Å². The molecule has 0 bridgehead atoms. The largest absolute Gasteiger partial charge is 0.395 e. The van der Waals surface area contributed by atoms with Gasteiger partial charge in [0, 0.05) is 43.7 Å². The number of β-amino-alcohol motifs (C(OH)–C–C–N with tert-alkyl or cyclic N) is 1. The summed E-state index contributed by atoms with van der Waals surface area (Å²) in [6.45, 7) is 4.17. The third-order valence-electron chi connectivity index (χ3n) is 4.48. The smallest absolute Gasteiger partial charge is 0.226 e. The molecule has 1 N–H and O–H groups in total. The molecule has 0 spiro atoms. The summed E-state index contributed by atoms with van der Waals surface area (Å²) in [4.78, 5) is 16.7. The molecule has 1 heterocycles. The number of rotatable bonds is 4. The number of aliphatic hydroxyl groups is 1. The van der Waals surface area contributed by atoms with Crippen molar-refractivity contribution in [3.63, 3.8) is 0 Å². The van der Waals surface area contributed by atoms with Crippen LogP contribution >= 0.6 is 11.6 Å². The Bertz CT molecular complexity index is 515. The quantitative estimate of drug-likeness (QED) is 0.918. The van der Waals surface area contributed by atoms with Gasteiger partial charge in [0.15, 0.2) is 0 Å². The number of carbonyl (C=O) groups excluding carboxylic acids is 1. The second-order valence-electron chi connectivity index (χ2n) is 5.89. The van der Waals surface area contributed by atoms with Crippen LogP contribution in [-0.2, 0) is 4.79 Å². The Morgan fingerprint density at radius 3 is 2.71 bits per heavy atom. The van der Waals surface area contributed by atoms with Gasteiger partial charge in [-0.15, -0.1) is 0 Å². The van der Waals surface area contributed by atoms with Crippen molar-refractivity contribution < 1.29 is 9.90 Å². The molecule has 1 saturated heterocycles. The van der Waals surface area contributed by atoms with Gasteiger partial charge in [0.25, 0.3) is 0 Å². The van der Waals surface area contributed by atoms with E-state index in [0.717, 1.165) is 37.6 Å². The Balaban J connectivity index is 1.54. The van der Waals surface area contributed by atoms with E-state index in [1.165, 1.54) is 5.56 Å². The van der Waals surface area contributed by atoms with E-state index in [0.29, 0.717) is 12.5 Å².